The van der Waals surface area contributed by atoms with E-state index < -0.39 is 27.9 Å². The van der Waals surface area contributed by atoms with Crippen LogP contribution in [0.4, 0.5) is 18.0 Å². The normalized spacial score (nSPS) is 23.6. The molecule has 0 unspecified atom stereocenters. The van der Waals surface area contributed by atoms with Gasteiger partial charge in [-0.2, -0.15) is 17.5 Å². The Kier molecular flexibility index (Phi) is 8.66. The molecule has 0 N–H and O–H groups in total. The van der Waals surface area contributed by atoms with Gasteiger partial charge in [0.25, 0.3) is 0 Å². The predicted octanol–water partition coefficient (Wildman–Crippen LogP) is 5.58. The number of likely N-dealkylation sites (tertiary alicyclic amines) is 1. The Hall–Kier alpha value is -2.21. The van der Waals surface area contributed by atoms with Gasteiger partial charge < -0.3 is 14.5 Å². The van der Waals surface area contributed by atoms with Crippen LogP contribution in [0.15, 0.2) is 42.5 Å². The van der Waals surface area contributed by atoms with Gasteiger partial charge in [0, 0.05) is 50.6 Å². The van der Waals surface area contributed by atoms with Crippen LogP contribution in [0.3, 0.4) is 0 Å². The van der Waals surface area contributed by atoms with E-state index >= 15 is 0 Å². The number of hydrogen-bond acceptors (Lipinski definition) is 4. The second-order valence-corrected chi connectivity index (χ2v) is 12.9. The molecule has 2 heterocycles. The molecule has 0 radical (unpaired) electrons. The first kappa shape index (κ1) is 29.8. The lowest BCUT2D eigenvalue weighted by atomic mass is 9.85. The molecule has 0 aromatic heterocycles. The molecule has 4 rings (SSSR count). The van der Waals surface area contributed by atoms with E-state index in [9.17, 15) is 26.4 Å². The second kappa shape index (κ2) is 11.3. The zero-order valence-corrected chi connectivity index (χ0v) is 24.0. The van der Waals surface area contributed by atoms with Gasteiger partial charge in [-0.3, -0.25) is 0 Å². The summed E-state index contributed by atoms with van der Waals surface area (Å²) in [5.74, 6) is -0.0926. The van der Waals surface area contributed by atoms with E-state index in [1.807, 2.05) is 13.0 Å². The van der Waals surface area contributed by atoms with Crippen LogP contribution in [0.25, 0.3) is 0 Å². The molecule has 2 aromatic rings. The highest BCUT2D eigenvalue weighted by molar-refractivity contribution is 7.88. The Morgan fingerprint density at radius 2 is 1.67 bits per heavy atom. The summed E-state index contributed by atoms with van der Waals surface area (Å²) in [5, 5.41) is 0.773. The van der Waals surface area contributed by atoms with Crippen LogP contribution < -0.4 is 4.74 Å². The first-order valence-corrected chi connectivity index (χ1v) is 15.0. The third kappa shape index (κ3) is 6.75. The number of benzene rings is 2. The largest absolute Gasteiger partial charge is 0.490 e. The number of carbonyl (C=O) groups is 1. The Bertz CT molecular complexity index is 1310. The number of amides is 2. The SMILES string of the molecule is C[C@@H](Oc1ccc(C(F)(F)F)cc1)[C@@H]1CN(C(=O)N2CCN(S(C)(=O)=O)[C@@H](C)C2)C[C@H]1c1ccc(Cl)c(Cl)c1. The van der Waals surface area contributed by atoms with E-state index in [2.05, 4.69) is 0 Å². The third-order valence-electron chi connectivity index (χ3n) is 7.38. The highest BCUT2D eigenvalue weighted by atomic mass is 35.5. The van der Waals surface area contributed by atoms with Gasteiger partial charge in [-0.05, 0) is 55.8 Å². The fraction of sp³-hybridized carbons (Fsp3) is 0.500. The van der Waals surface area contributed by atoms with Gasteiger partial charge in [0.05, 0.1) is 21.9 Å². The first-order chi connectivity index (χ1) is 18.1. The number of ether oxygens (including phenoxy) is 1. The van der Waals surface area contributed by atoms with Crippen molar-refractivity contribution in [2.24, 2.45) is 5.92 Å². The molecule has 7 nitrogen and oxygen atoms in total. The van der Waals surface area contributed by atoms with Crippen LogP contribution in [0.5, 0.6) is 5.75 Å². The number of nitrogens with zero attached hydrogens (tertiary/aromatic N) is 3. The highest BCUT2D eigenvalue weighted by Gasteiger charge is 2.43. The topological polar surface area (TPSA) is 70.2 Å². The minimum absolute atomic E-state index is 0.178. The average Bonchev–Trinajstić information content (AvgIpc) is 3.30. The average molecular weight is 609 g/mol. The van der Waals surface area contributed by atoms with E-state index in [0.717, 1.165) is 24.0 Å². The predicted molar refractivity (Wildman–Crippen MR) is 144 cm³/mol. The van der Waals surface area contributed by atoms with E-state index in [1.165, 1.54) is 16.4 Å². The number of rotatable bonds is 5. The zero-order valence-electron chi connectivity index (χ0n) is 21.7. The van der Waals surface area contributed by atoms with Crippen LogP contribution in [0.1, 0.15) is 30.9 Å². The molecular formula is C26H30Cl2F3N3O4S. The smallest absolute Gasteiger partial charge is 0.416 e. The Balaban J connectivity index is 1.54. The van der Waals surface area contributed by atoms with E-state index in [4.69, 9.17) is 27.9 Å². The molecule has 2 aliphatic rings. The number of sulfonamides is 1. The second-order valence-electron chi connectivity index (χ2n) is 10.1. The van der Waals surface area contributed by atoms with E-state index in [1.54, 1.807) is 28.9 Å². The highest BCUT2D eigenvalue weighted by Crippen LogP contribution is 2.39. The van der Waals surface area contributed by atoms with Crippen LogP contribution in [0.2, 0.25) is 10.0 Å². The molecule has 0 spiro atoms. The maximum atomic E-state index is 13.5. The molecule has 2 aliphatic heterocycles. The van der Waals surface area contributed by atoms with Crippen molar-refractivity contribution in [2.45, 2.75) is 38.1 Å². The number of carbonyl (C=O) groups excluding carboxylic acids is 1. The molecule has 4 atom stereocenters. The van der Waals surface area contributed by atoms with E-state index in [-0.39, 0.29) is 43.5 Å². The summed E-state index contributed by atoms with van der Waals surface area (Å²) in [6.07, 6.45) is -3.74. The summed E-state index contributed by atoms with van der Waals surface area (Å²) < 4.78 is 70.4. The van der Waals surface area contributed by atoms with E-state index in [0.29, 0.717) is 28.9 Å². The third-order valence-corrected chi connectivity index (χ3v) is 9.51. The van der Waals surface area contributed by atoms with Gasteiger partial charge in [0.1, 0.15) is 11.9 Å². The van der Waals surface area contributed by atoms with Crippen LogP contribution in [0, 0.1) is 5.92 Å². The molecular weight excluding hydrogens is 578 g/mol. The lowest BCUT2D eigenvalue weighted by Gasteiger charge is -2.39. The number of hydrogen-bond donors (Lipinski definition) is 0. The molecule has 2 fully saturated rings. The van der Waals surface area contributed by atoms with Gasteiger partial charge >= 0.3 is 12.2 Å². The Morgan fingerprint density at radius 1 is 1.00 bits per heavy atom. The maximum Gasteiger partial charge on any atom is 0.416 e. The van der Waals surface area contributed by atoms with Crippen molar-refractivity contribution in [1.29, 1.82) is 0 Å². The summed E-state index contributed by atoms with van der Waals surface area (Å²) >= 11 is 12.4. The molecule has 214 valence electrons. The molecule has 0 saturated carbocycles. The van der Waals surface area contributed by atoms with Gasteiger partial charge in [0.15, 0.2) is 0 Å². The maximum absolute atomic E-state index is 13.5. The first-order valence-electron chi connectivity index (χ1n) is 12.4. The molecule has 0 aliphatic carbocycles. The number of alkyl halides is 3. The number of halogens is 5. The minimum atomic E-state index is -4.44. The lowest BCUT2D eigenvalue weighted by Crippen LogP contribution is -2.57. The Morgan fingerprint density at radius 3 is 2.23 bits per heavy atom. The van der Waals surface area contributed by atoms with Gasteiger partial charge in [-0.1, -0.05) is 29.3 Å². The van der Waals surface area contributed by atoms with Crippen molar-refractivity contribution in [3.63, 3.8) is 0 Å². The molecule has 2 saturated heterocycles. The molecule has 39 heavy (non-hydrogen) atoms. The van der Waals surface area contributed by atoms with Crippen molar-refractivity contribution in [1.82, 2.24) is 14.1 Å². The van der Waals surface area contributed by atoms with Gasteiger partial charge in [-0.25, -0.2) is 13.2 Å². The van der Waals surface area contributed by atoms with Crippen molar-refractivity contribution in [2.75, 3.05) is 39.0 Å². The summed E-state index contributed by atoms with van der Waals surface area (Å²) in [5.41, 5.74) is 0.0989. The minimum Gasteiger partial charge on any atom is -0.490 e. The quantitative estimate of drug-likeness (QED) is 0.445. The number of piperazine rings is 1. The molecule has 0 bridgehead atoms. The van der Waals surface area contributed by atoms with Crippen LogP contribution in [-0.4, -0.2) is 79.7 Å². The van der Waals surface area contributed by atoms with Crippen molar-refractivity contribution in [3.05, 3.63) is 63.6 Å². The summed E-state index contributed by atoms with van der Waals surface area (Å²) in [6, 6.07) is 9.25. The lowest BCUT2D eigenvalue weighted by molar-refractivity contribution is -0.137. The Labute approximate surface area is 236 Å². The molecule has 13 heteroatoms. The monoisotopic (exact) mass is 607 g/mol. The van der Waals surface area contributed by atoms with Gasteiger partial charge in [0.2, 0.25) is 10.0 Å². The van der Waals surface area contributed by atoms with Gasteiger partial charge in [-0.15, -0.1) is 0 Å². The van der Waals surface area contributed by atoms with Crippen molar-refractivity contribution >= 4 is 39.3 Å². The number of urea groups is 1. The zero-order chi connectivity index (χ0) is 28.7. The van der Waals surface area contributed by atoms with Crippen molar-refractivity contribution in [3.8, 4) is 5.75 Å². The summed E-state index contributed by atoms with van der Waals surface area (Å²) in [4.78, 5) is 16.9. The summed E-state index contributed by atoms with van der Waals surface area (Å²) in [7, 11) is -3.38. The fourth-order valence-corrected chi connectivity index (χ4v) is 6.83. The summed E-state index contributed by atoms with van der Waals surface area (Å²) in [6.45, 7) is 5.05. The van der Waals surface area contributed by atoms with Crippen LogP contribution >= 0.6 is 23.2 Å². The molecule has 2 amide bonds. The standard InChI is InChI=1S/C26H30Cl2F3N3O4S/c1-16-13-32(10-11-34(16)39(3,36)37)25(35)33-14-21(22(15-33)18-4-9-23(27)24(28)12-18)17(2)38-20-7-5-19(6-8-20)26(29,30)31/h4-9,12,16-17,21-22H,10-11,13-15H2,1-3H3/t16-,17+,21-,22-/m0/s1. The molecule has 2 aromatic carbocycles. The fourth-order valence-electron chi connectivity index (χ4n) is 5.39. The van der Waals surface area contributed by atoms with Crippen LogP contribution in [-0.2, 0) is 16.2 Å². The van der Waals surface area contributed by atoms with Crippen molar-refractivity contribution < 1.29 is 31.1 Å².